The highest BCUT2D eigenvalue weighted by Crippen LogP contribution is 2.41. The standard InChI is InChI=1S/C17H20BrCl3N/c18-11-15-10-17(20,21)16(12-6-8-13(19)9-7-12)22(15)14-4-2-1-3-5-14/h6-9,14-15H,1-5,10-11H2/q+1. The third-order valence-electron chi connectivity index (χ3n) is 4.75. The molecule has 1 fully saturated rings. The van der Waals surface area contributed by atoms with Crippen LogP contribution in [0.15, 0.2) is 24.3 Å². The molecule has 5 heteroatoms. The molecule has 2 aliphatic rings. The topological polar surface area (TPSA) is 3.01 Å². The third kappa shape index (κ3) is 3.36. The van der Waals surface area contributed by atoms with Crippen molar-refractivity contribution >= 4 is 56.4 Å². The van der Waals surface area contributed by atoms with E-state index in [9.17, 15) is 0 Å². The monoisotopic (exact) mass is 422 g/mol. The van der Waals surface area contributed by atoms with Crippen molar-refractivity contribution < 1.29 is 4.58 Å². The van der Waals surface area contributed by atoms with Gasteiger partial charge in [-0.05, 0) is 37.1 Å². The molecule has 1 aromatic carbocycles. The van der Waals surface area contributed by atoms with E-state index < -0.39 is 4.33 Å². The lowest BCUT2D eigenvalue weighted by atomic mass is 9.94. The van der Waals surface area contributed by atoms with Gasteiger partial charge in [0.15, 0.2) is 12.1 Å². The third-order valence-corrected chi connectivity index (χ3v) is 6.42. The fourth-order valence-corrected chi connectivity index (χ4v) is 5.24. The van der Waals surface area contributed by atoms with Gasteiger partial charge in [-0.1, -0.05) is 57.2 Å². The van der Waals surface area contributed by atoms with Crippen molar-refractivity contribution in [3.63, 3.8) is 0 Å². The van der Waals surface area contributed by atoms with E-state index in [1.54, 1.807) is 0 Å². The van der Waals surface area contributed by atoms with Crippen LogP contribution in [0.5, 0.6) is 0 Å². The Morgan fingerprint density at radius 2 is 1.73 bits per heavy atom. The minimum Gasteiger partial charge on any atom is -0.224 e. The van der Waals surface area contributed by atoms with Crippen LogP contribution in [0.3, 0.4) is 0 Å². The van der Waals surface area contributed by atoms with Crippen LogP contribution in [-0.2, 0) is 0 Å². The first-order valence-electron chi connectivity index (χ1n) is 7.88. The van der Waals surface area contributed by atoms with Gasteiger partial charge in [0, 0.05) is 23.4 Å². The predicted octanol–water partition coefficient (Wildman–Crippen LogP) is 5.82. The summed E-state index contributed by atoms with van der Waals surface area (Å²) in [6.45, 7) is 0. The Kier molecular flexibility index (Phi) is 5.44. The van der Waals surface area contributed by atoms with E-state index in [-0.39, 0.29) is 0 Å². The van der Waals surface area contributed by atoms with Crippen molar-refractivity contribution in [3.05, 3.63) is 34.9 Å². The molecule has 0 radical (unpaired) electrons. The summed E-state index contributed by atoms with van der Waals surface area (Å²) in [5.74, 6) is 0. The number of hydrogen-bond acceptors (Lipinski definition) is 0. The van der Waals surface area contributed by atoms with Gasteiger partial charge in [-0.25, -0.2) is 4.58 Å². The summed E-state index contributed by atoms with van der Waals surface area (Å²) in [7, 11) is 0. The van der Waals surface area contributed by atoms with Crippen LogP contribution >= 0.6 is 50.7 Å². The molecule has 1 aliphatic heterocycles. The van der Waals surface area contributed by atoms with Crippen LogP contribution in [0.1, 0.15) is 44.1 Å². The maximum absolute atomic E-state index is 6.73. The Morgan fingerprint density at radius 1 is 1.09 bits per heavy atom. The summed E-state index contributed by atoms with van der Waals surface area (Å²) in [6, 6.07) is 8.78. The number of nitrogens with zero attached hydrogens (tertiary/aromatic N) is 1. The quantitative estimate of drug-likeness (QED) is 0.425. The first-order valence-corrected chi connectivity index (χ1v) is 10.1. The molecule has 3 rings (SSSR count). The first-order chi connectivity index (χ1) is 10.5. The molecule has 0 aromatic heterocycles. The average molecular weight is 425 g/mol. The van der Waals surface area contributed by atoms with Crippen LogP contribution in [0, 0.1) is 0 Å². The SMILES string of the molecule is Clc1ccc(C2=[N+](C3CCCCC3)C(CBr)CC2(Cl)Cl)cc1. The van der Waals surface area contributed by atoms with Gasteiger partial charge in [0.2, 0.25) is 10.0 Å². The summed E-state index contributed by atoms with van der Waals surface area (Å²) < 4.78 is 1.67. The Bertz CT molecular complexity index is 562. The molecule has 1 heterocycles. The zero-order valence-electron chi connectivity index (χ0n) is 12.4. The van der Waals surface area contributed by atoms with Gasteiger partial charge in [0.05, 0.1) is 11.8 Å². The molecule has 1 aliphatic carbocycles. The van der Waals surface area contributed by atoms with Gasteiger partial charge in [0.1, 0.15) is 0 Å². The summed E-state index contributed by atoms with van der Waals surface area (Å²) in [4.78, 5) is 0. The Hall–Kier alpha value is 0.240. The van der Waals surface area contributed by atoms with Crippen molar-refractivity contribution in [1.29, 1.82) is 0 Å². The Balaban J connectivity index is 2.09. The summed E-state index contributed by atoms with van der Waals surface area (Å²) >= 11 is 23.1. The normalized spacial score (nSPS) is 25.7. The Labute approximate surface area is 155 Å². The highest BCUT2D eigenvalue weighted by Gasteiger charge is 2.53. The molecule has 0 bridgehead atoms. The summed E-state index contributed by atoms with van der Waals surface area (Å²) in [5, 5.41) is 1.63. The minimum atomic E-state index is -0.830. The summed E-state index contributed by atoms with van der Waals surface area (Å²) in [5.41, 5.74) is 2.15. The van der Waals surface area contributed by atoms with Gasteiger partial charge < -0.3 is 0 Å². The zero-order valence-corrected chi connectivity index (χ0v) is 16.2. The van der Waals surface area contributed by atoms with E-state index in [0.717, 1.165) is 28.0 Å². The number of rotatable bonds is 3. The van der Waals surface area contributed by atoms with Gasteiger partial charge in [-0.2, -0.15) is 0 Å². The van der Waals surface area contributed by atoms with Gasteiger partial charge >= 0.3 is 0 Å². The van der Waals surface area contributed by atoms with E-state index in [1.165, 1.54) is 32.1 Å². The highest BCUT2D eigenvalue weighted by molar-refractivity contribution is 9.09. The molecule has 0 amide bonds. The van der Waals surface area contributed by atoms with Gasteiger partial charge in [-0.15, -0.1) is 0 Å². The van der Waals surface area contributed by atoms with Crippen molar-refractivity contribution in [3.8, 4) is 0 Å². The average Bonchev–Trinajstić information content (AvgIpc) is 2.80. The van der Waals surface area contributed by atoms with Gasteiger partial charge in [-0.3, -0.25) is 0 Å². The van der Waals surface area contributed by atoms with Crippen molar-refractivity contribution in [2.45, 2.75) is 54.9 Å². The maximum atomic E-state index is 6.73. The number of alkyl halides is 3. The molecule has 22 heavy (non-hydrogen) atoms. The van der Waals surface area contributed by atoms with Crippen molar-refractivity contribution in [2.24, 2.45) is 0 Å². The highest BCUT2D eigenvalue weighted by atomic mass is 79.9. The van der Waals surface area contributed by atoms with E-state index >= 15 is 0 Å². The van der Waals surface area contributed by atoms with Crippen molar-refractivity contribution in [1.82, 2.24) is 0 Å². The maximum Gasteiger partial charge on any atom is 0.220 e. The molecule has 1 atom stereocenters. The molecule has 1 nitrogen and oxygen atoms in total. The fraction of sp³-hybridized carbons (Fsp3) is 0.588. The molecule has 0 spiro atoms. The minimum absolute atomic E-state index is 0.351. The smallest absolute Gasteiger partial charge is 0.220 e. The van der Waals surface area contributed by atoms with E-state index in [4.69, 9.17) is 34.8 Å². The lowest BCUT2D eigenvalue weighted by molar-refractivity contribution is -0.592. The number of hydrogen-bond donors (Lipinski definition) is 0. The second-order valence-corrected chi connectivity index (χ2v) is 8.84. The van der Waals surface area contributed by atoms with Crippen LogP contribution in [0.25, 0.3) is 0 Å². The van der Waals surface area contributed by atoms with Crippen LogP contribution in [0.2, 0.25) is 5.02 Å². The van der Waals surface area contributed by atoms with Crippen molar-refractivity contribution in [2.75, 3.05) is 5.33 Å². The van der Waals surface area contributed by atoms with E-state index in [0.29, 0.717) is 12.1 Å². The second-order valence-electron chi connectivity index (χ2n) is 6.27. The molecule has 1 unspecified atom stereocenters. The molecule has 1 aromatic rings. The fourth-order valence-electron chi connectivity index (χ4n) is 3.80. The number of benzene rings is 1. The second kappa shape index (κ2) is 7.01. The number of halogens is 4. The molecular formula is C17H20BrCl3N+. The molecule has 0 N–H and O–H groups in total. The zero-order chi connectivity index (χ0) is 15.7. The van der Waals surface area contributed by atoms with E-state index in [1.807, 2.05) is 24.3 Å². The van der Waals surface area contributed by atoms with Crippen LogP contribution in [0.4, 0.5) is 0 Å². The summed E-state index contributed by atoms with van der Waals surface area (Å²) in [6.07, 6.45) is 7.14. The molecule has 120 valence electrons. The Morgan fingerprint density at radius 3 is 2.32 bits per heavy atom. The molecule has 1 saturated carbocycles. The van der Waals surface area contributed by atoms with E-state index in [2.05, 4.69) is 20.5 Å². The van der Waals surface area contributed by atoms with Gasteiger partial charge in [0.25, 0.3) is 0 Å². The first kappa shape index (κ1) is 17.1. The molecule has 0 saturated heterocycles. The lowest BCUT2D eigenvalue weighted by Crippen LogP contribution is -2.38. The lowest BCUT2D eigenvalue weighted by Gasteiger charge is -2.23. The van der Waals surface area contributed by atoms with Crippen LogP contribution in [-0.4, -0.2) is 32.0 Å². The van der Waals surface area contributed by atoms with Crippen LogP contribution < -0.4 is 0 Å². The molecular weight excluding hydrogens is 404 g/mol. The predicted molar refractivity (Wildman–Crippen MR) is 99.3 cm³/mol. The largest absolute Gasteiger partial charge is 0.224 e.